The van der Waals surface area contributed by atoms with E-state index in [1.807, 2.05) is 53.7 Å². The number of rotatable bonds is 4. The summed E-state index contributed by atoms with van der Waals surface area (Å²) in [5, 5.41) is 0. The number of H-pyrrole nitrogens is 2. The second-order valence-electron chi connectivity index (χ2n) is 14.5. The van der Waals surface area contributed by atoms with E-state index in [0.29, 0.717) is 13.1 Å². The van der Waals surface area contributed by atoms with Gasteiger partial charge in [-0.2, -0.15) is 0 Å². The van der Waals surface area contributed by atoms with Gasteiger partial charge >= 0.3 is 12.2 Å². The van der Waals surface area contributed by atoms with Crippen LogP contribution in [0.4, 0.5) is 9.59 Å². The van der Waals surface area contributed by atoms with Crippen LogP contribution in [0.25, 0.3) is 42.9 Å². The highest BCUT2D eigenvalue weighted by Crippen LogP contribution is 2.39. The Morgan fingerprint density at radius 3 is 1.53 bits per heavy atom. The van der Waals surface area contributed by atoms with Gasteiger partial charge in [0.25, 0.3) is 0 Å². The third-order valence-electron chi connectivity index (χ3n) is 8.57. The lowest BCUT2D eigenvalue weighted by Gasteiger charge is -2.27. The standard InChI is InChI=1S/C36H42N6O4S/c1-35(2,3)45-33(43)41-17-7-9-27(41)31-37-23-13-11-21(19-25(23)39-31)29-15-16-30(47-29)22-12-14-24-26(20-22)40-32(38-24)28-10-8-18-42(28)34(44)46-36(4,5)6/h11-16,19-20,27-28H,7-10,17-18H2,1-6H3,(H,37,39)(H,38,40)/t27-,28-/m0/s1. The summed E-state index contributed by atoms with van der Waals surface area (Å²) in [5.74, 6) is 1.60. The molecular formula is C36H42N6O4S. The Labute approximate surface area is 278 Å². The summed E-state index contributed by atoms with van der Waals surface area (Å²) >= 11 is 1.73. The number of amides is 2. The van der Waals surface area contributed by atoms with Gasteiger partial charge in [0.15, 0.2) is 0 Å². The maximum atomic E-state index is 12.9. The number of ether oxygens (including phenoxy) is 2. The number of carbonyl (C=O) groups is 2. The zero-order valence-electron chi connectivity index (χ0n) is 27.8. The van der Waals surface area contributed by atoms with Crippen LogP contribution < -0.4 is 0 Å². The fraction of sp³-hybridized carbons (Fsp3) is 0.444. The molecule has 10 nitrogen and oxygen atoms in total. The molecule has 47 heavy (non-hydrogen) atoms. The summed E-state index contributed by atoms with van der Waals surface area (Å²) in [6, 6.07) is 16.6. The largest absolute Gasteiger partial charge is 0.444 e. The molecule has 2 aromatic carbocycles. The topological polar surface area (TPSA) is 116 Å². The van der Waals surface area contributed by atoms with Gasteiger partial charge in [0, 0.05) is 22.8 Å². The van der Waals surface area contributed by atoms with Crippen LogP contribution in [0.3, 0.4) is 0 Å². The molecule has 5 heterocycles. The Kier molecular flexibility index (Phi) is 7.77. The van der Waals surface area contributed by atoms with Gasteiger partial charge < -0.3 is 19.4 Å². The average Bonchev–Trinajstić information content (AvgIpc) is 3.82. The Balaban J connectivity index is 1.10. The molecule has 0 saturated carbocycles. The van der Waals surface area contributed by atoms with Crippen LogP contribution in [-0.4, -0.2) is 66.2 Å². The van der Waals surface area contributed by atoms with E-state index < -0.39 is 11.2 Å². The van der Waals surface area contributed by atoms with Crippen molar-refractivity contribution in [3.05, 3.63) is 60.2 Å². The van der Waals surface area contributed by atoms with Crippen molar-refractivity contribution >= 4 is 45.6 Å². The van der Waals surface area contributed by atoms with Gasteiger partial charge in [-0.3, -0.25) is 9.80 Å². The number of hydrogen-bond acceptors (Lipinski definition) is 7. The Bertz CT molecular complexity index is 1820. The van der Waals surface area contributed by atoms with Gasteiger partial charge in [-0.25, -0.2) is 19.6 Å². The lowest BCUT2D eigenvalue weighted by molar-refractivity contribution is 0.0208. The van der Waals surface area contributed by atoms with Crippen LogP contribution in [0.15, 0.2) is 48.5 Å². The molecule has 2 fully saturated rings. The van der Waals surface area contributed by atoms with E-state index in [-0.39, 0.29) is 24.3 Å². The molecule has 0 unspecified atom stereocenters. The summed E-state index contributed by atoms with van der Waals surface area (Å²) in [6.45, 7) is 12.7. The third kappa shape index (κ3) is 6.45. The van der Waals surface area contributed by atoms with Crippen LogP contribution in [-0.2, 0) is 9.47 Å². The molecule has 2 amide bonds. The molecule has 0 spiro atoms. The second-order valence-corrected chi connectivity index (χ2v) is 15.6. The van der Waals surface area contributed by atoms with Crippen LogP contribution in [0.2, 0.25) is 0 Å². The lowest BCUT2D eigenvalue weighted by atomic mass is 10.1. The number of aromatic nitrogens is 4. The predicted octanol–water partition coefficient (Wildman–Crippen LogP) is 8.98. The molecule has 0 aliphatic carbocycles. The molecule has 0 radical (unpaired) electrons. The number of carbonyl (C=O) groups excluding carboxylic acids is 2. The summed E-state index contributed by atoms with van der Waals surface area (Å²) in [4.78, 5) is 48.3. The monoisotopic (exact) mass is 654 g/mol. The van der Waals surface area contributed by atoms with Crippen molar-refractivity contribution in [3.8, 4) is 20.9 Å². The highest BCUT2D eigenvalue weighted by atomic mass is 32.1. The van der Waals surface area contributed by atoms with Gasteiger partial charge in [0.05, 0.1) is 34.2 Å². The van der Waals surface area contributed by atoms with Crippen molar-refractivity contribution in [3.63, 3.8) is 0 Å². The maximum Gasteiger partial charge on any atom is 0.410 e. The summed E-state index contributed by atoms with van der Waals surface area (Å²) in [7, 11) is 0. The number of fused-ring (bicyclic) bond motifs is 2. The van der Waals surface area contributed by atoms with Crippen LogP contribution in [0.1, 0.15) is 91.0 Å². The van der Waals surface area contributed by atoms with Crippen molar-refractivity contribution in [2.45, 2.75) is 90.5 Å². The molecule has 11 heteroatoms. The van der Waals surface area contributed by atoms with Crippen molar-refractivity contribution in [2.75, 3.05) is 13.1 Å². The first kappa shape index (κ1) is 31.2. The number of thiophene rings is 1. The molecule has 2 aliphatic rings. The first-order valence-corrected chi connectivity index (χ1v) is 17.2. The van der Waals surface area contributed by atoms with E-state index in [4.69, 9.17) is 19.4 Å². The molecule has 2 aliphatic heterocycles. The Morgan fingerprint density at radius 1 is 0.702 bits per heavy atom. The number of benzene rings is 2. The van der Waals surface area contributed by atoms with E-state index >= 15 is 0 Å². The van der Waals surface area contributed by atoms with E-state index in [2.05, 4.69) is 46.4 Å². The molecule has 5 aromatic rings. The van der Waals surface area contributed by atoms with Crippen molar-refractivity contribution in [2.24, 2.45) is 0 Å². The van der Waals surface area contributed by atoms with Crippen molar-refractivity contribution in [1.82, 2.24) is 29.7 Å². The third-order valence-corrected chi connectivity index (χ3v) is 9.75. The Hall–Kier alpha value is -4.38. The highest BCUT2D eigenvalue weighted by molar-refractivity contribution is 7.18. The van der Waals surface area contributed by atoms with E-state index in [1.54, 1.807) is 21.1 Å². The number of imidazole rings is 2. The minimum Gasteiger partial charge on any atom is -0.444 e. The smallest absolute Gasteiger partial charge is 0.410 e. The number of likely N-dealkylation sites (tertiary alicyclic amines) is 2. The number of aromatic amines is 2. The van der Waals surface area contributed by atoms with Crippen LogP contribution >= 0.6 is 11.3 Å². The van der Waals surface area contributed by atoms with Gasteiger partial charge in [-0.05, 0) is 115 Å². The fourth-order valence-electron chi connectivity index (χ4n) is 6.51. The zero-order valence-corrected chi connectivity index (χ0v) is 28.7. The molecule has 2 saturated heterocycles. The summed E-state index contributed by atoms with van der Waals surface area (Å²) in [5.41, 5.74) is 4.78. The fourth-order valence-corrected chi connectivity index (χ4v) is 7.51. The van der Waals surface area contributed by atoms with Gasteiger partial charge in [0.2, 0.25) is 0 Å². The highest BCUT2D eigenvalue weighted by Gasteiger charge is 2.36. The van der Waals surface area contributed by atoms with Crippen molar-refractivity contribution in [1.29, 1.82) is 0 Å². The molecule has 7 rings (SSSR count). The van der Waals surface area contributed by atoms with Gasteiger partial charge in [-0.1, -0.05) is 12.1 Å². The average molecular weight is 655 g/mol. The first-order chi connectivity index (χ1) is 22.3. The molecule has 3 aromatic heterocycles. The number of nitrogens with one attached hydrogen (secondary N) is 2. The van der Waals surface area contributed by atoms with Crippen LogP contribution in [0.5, 0.6) is 0 Å². The summed E-state index contributed by atoms with van der Waals surface area (Å²) < 4.78 is 11.3. The van der Waals surface area contributed by atoms with E-state index in [9.17, 15) is 9.59 Å². The zero-order chi connectivity index (χ0) is 33.1. The quantitative estimate of drug-likeness (QED) is 0.200. The molecule has 2 atom stereocenters. The SMILES string of the molecule is CC(C)(C)OC(=O)N1CCC[C@H]1c1nc2ccc(-c3ccc(-c4ccc5nc([C@@H]6CCCN6C(=O)OC(C)(C)C)[nH]c5c4)s3)cc2[nH]1. The summed E-state index contributed by atoms with van der Waals surface area (Å²) in [6.07, 6.45) is 2.95. The minimum atomic E-state index is -0.541. The van der Waals surface area contributed by atoms with Crippen LogP contribution in [0, 0.1) is 0 Å². The van der Waals surface area contributed by atoms with E-state index in [0.717, 1.165) is 80.3 Å². The molecule has 2 N–H and O–H groups in total. The minimum absolute atomic E-state index is 0.124. The second kappa shape index (κ2) is 11.7. The molecule has 0 bridgehead atoms. The first-order valence-electron chi connectivity index (χ1n) is 16.4. The molecule has 246 valence electrons. The normalized spacial score (nSPS) is 18.9. The van der Waals surface area contributed by atoms with Gasteiger partial charge in [-0.15, -0.1) is 11.3 Å². The van der Waals surface area contributed by atoms with Crippen molar-refractivity contribution < 1.29 is 19.1 Å². The number of nitrogens with zero attached hydrogens (tertiary/aromatic N) is 4. The molecular weight excluding hydrogens is 613 g/mol. The predicted molar refractivity (Wildman–Crippen MR) is 184 cm³/mol. The lowest BCUT2D eigenvalue weighted by Crippen LogP contribution is -2.36. The van der Waals surface area contributed by atoms with Gasteiger partial charge in [0.1, 0.15) is 22.9 Å². The maximum absolute atomic E-state index is 12.9. The van der Waals surface area contributed by atoms with E-state index in [1.165, 1.54) is 0 Å². The Morgan fingerprint density at radius 2 is 1.13 bits per heavy atom. The number of hydrogen-bond donors (Lipinski definition) is 2.